The lowest BCUT2D eigenvalue weighted by Gasteiger charge is -2.15. The van der Waals surface area contributed by atoms with Crippen LogP contribution in [0.2, 0.25) is 0 Å². The van der Waals surface area contributed by atoms with Crippen LogP contribution in [0.15, 0.2) is 53.5 Å². The summed E-state index contributed by atoms with van der Waals surface area (Å²) in [4.78, 5) is 17.9. The number of rotatable bonds is 7. The molecule has 0 saturated heterocycles. The van der Waals surface area contributed by atoms with Crippen LogP contribution in [0.25, 0.3) is 0 Å². The van der Waals surface area contributed by atoms with Gasteiger partial charge in [0.2, 0.25) is 5.91 Å². The van der Waals surface area contributed by atoms with Crippen LogP contribution in [-0.2, 0) is 17.8 Å². The van der Waals surface area contributed by atoms with Crippen molar-refractivity contribution in [1.82, 2.24) is 15.5 Å². The molecule has 0 atom stereocenters. The smallest absolute Gasteiger partial charge is 0.241 e. The number of carbonyl (C=O) groups is 1. The van der Waals surface area contributed by atoms with E-state index in [1.165, 1.54) is 16.5 Å². The molecule has 152 valence electrons. The van der Waals surface area contributed by atoms with Crippen molar-refractivity contribution in [2.75, 3.05) is 27.2 Å². The summed E-state index contributed by atoms with van der Waals surface area (Å²) in [6.45, 7) is 2.98. The Hall–Kier alpha value is -2.16. The number of nitrogens with one attached hydrogen (secondary N) is 2. The Kier molecular flexibility index (Phi) is 10.5. The van der Waals surface area contributed by atoms with Gasteiger partial charge in [0.1, 0.15) is 5.82 Å². The highest BCUT2D eigenvalue weighted by molar-refractivity contribution is 14.0. The average Bonchev–Trinajstić information content (AvgIpc) is 2.66. The number of likely N-dealkylation sites (N-methyl/N-ethyl adjacent to an activating group) is 1. The van der Waals surface area contributed by atoms with E-state index < -0.39 is 0 Å². The van der Waals surface area contributed by atoms with Crippen LogP contribution < -0.4 is 10.6 Å². The first-order chi connectivity index (χ1) is 13.0. The van der Waals surface area contributed by atoms with Gasteiger partial charge in [0.05, 0.1) is 13.1 Å². The third-order valence-corrected chi connectivity index (χ3v) is 4.10. The second kappa shape index (κ2) is 12.3. The van der Waals surface area contributed by atoms with Gasteiger partial charge < -0.3 is 15.5 Å². The zero-order chi connectivity index (χ0) is 19.6. The Labute approximate surface area is 183 Å². The zero-order valence-corrected chi connectivity index (χ0v) is 18.9. The van der Waals surface area contributed by atoms with Gasteiger partial charge in [-0.25, -0.2) is 9.38 Å². The minimum Gasteiger partial charge on any atom is -0.356 e. The Morgan fingerprint density at radius 1 is 1.07 bits per heavy atom. The standard InChI is InChI=1S/C21H27FN4O.HI/c1-16-13-18(9-10-19(16)22)14-24-21(25-15-20(27)26(2)3)23-12-11-17-7-5-4-6-8-17;/h4-10,13H,11-12,14-15H2,1-3H3,(H2,23,24,25);1H. The van der Waals surface area contributed by atoms with Gasteiger partial charge in [0, 0.05) is 20.6 Å². The van der Waals surface area contributed by atoms with Crippen molar-refractivity contribution in [1.29, 1.82) is 0 Å². The second-order valence-corrected chi connectivity index (χ2v) is 6.55. The predicted octanol–water partition coefficient (Wildman–Crippen LogP) is 3.12. The molecule has 0 bridgehead atoms. The van der Waals surface area contributed by atoms with Crippen LogP contribution >= 0.6 is 24.0 Å². The van der Waals surface area contributed by atoms with Gasteiger partial charge in [-0.15, -0.1) is 24.0 Å². The third-order valence-electron chi connectivity index (χ3n) is 4.10. The Morgan fingerprint density at radius 2 is 1.79 bits per heavy atom. The molecule has 0 aliphatic carbocycles. The summed E-state index contributed by atoms with van der Waals surface area (Å²) in [5, 5.41) is 6.31. The fourth-order valence-corrected chi connectivity index (χ4v) is 2.44. The maximum Gasteiger partial charge on any atom is 0.241 e. The van der Waals surface area contributed by atoms with E-state index in [4.69, 9.17) is 0 Å². The van der Waals surface area contributed by atoms with E-state index in [2.05, 4.69) is 27.8 Å². The van der Waals surface area contributed by atoms with Crippen molar-refractivity contribution >= 4 is 35.8 Å². The summed E-state index contributed by atoms with van der Waals surface area (Å²) in [7, 11) is 3.43. The van der Waals surface area contributed by atoms with Crippen molar-refractivity contribution in [2.45, 2.75) is 19.9 Å². The fourth-order valence-electron chi connectivity index (χ4n) is 2.44. The van der Waals surface area contributed by atoms with E-state index in [0.717, 1.165) is 12.0 Å². The maximum absolute atomic E-state index is 13.4. The van der Waals surface area contributed by atoms with Gasteiger partial charge in [-0.1, -0.05) is 42.5 Å². The number of aryl methyl sites for hydroxylation is 1. The molecule has 28 heavy (non-hydrogen) atoms. The lowest BCUT2D eigenvalue weighted by atomic mass is 10.1. The molecule has 5 nitrogen and oxygen atoms in total. The van der Waals surface area contributed by atoms with Crippen molar-refractivity contribution in [3.8, 4) is 0 Å². The van der Waals surface area contributed by atoms with E-state index in [0.29, 0.717) is 24.6 Å². The maximum atomic E-state index is 13.4. The van der Waals surface area contributed by atoms with Gasteiger partial charge in [-0.05, 0) is 36.1 Å². The first-order valence-corrected chi connectivity index (χ1v) is 8.97. The summed E-state index contributed by atoms with van der Waals surface area (Å²) in [5.41, 5.74) is 2.73. The monoisotopic (exact) mass is 498 g/mol. The number of guanidine groups is 1. The molecule has 0 heterocycles. The van der Waals surface area contributed by atoms with Gasteiger partial charge in [0.25, 0.3) is 0 Å². The van der Waals surface area contributed by atoms with E-state index in [9.17, 15) is 9.18 Å². The van der Waals surface area contributed by atoms with Crippen molar-refractivity contribution in [2.24, 2.45) is 4.99 Å². The molecule has 0 spiro atoms. The zero-order valence-electron chi connectivity index (χ0n) is 16.5. The number of nitrogens with zero attached hydrogens (tertiary/aromatic N) is 2. The van der Waals surface area contributed by atoms with Crippen molar-refractivity contribution in [3.05, 3.63) is 71.0 Å². The van der Waals surface area contributed by atoms with Gasteiger partial charge in [-0.3, -0.25) is 4.79 Å². The number of halogens is 2. The summed E-state index contributed by atoms with van der Waals surface area (Å²) >= 11 is 0. The number of benzene rings is 2. The topological polar surface area (TPSA) is 56.7 Å². The van der Waals surface area contributed by atoms with Gasteiger partial charge in [0.15, 0.2) is 5.96 Å². The Morgan fingerprint density at radius 3 is 2.43 bits per heavy atom. The fraction of sp³-hybridized carbons (Fsp3) is 0.333. The Balaban J connectivity index is 0.00000392. The molecule has 7 heteroatoms. The predicted molar refractivity (Wildman–Crippen MR) is 123 cm³/mol. The van der Waals surface area contributed by atoms with Crippen molar-refractivity contribution < 1.29 is 9.18 Å². The van der Waals surface area contributed by atoms with E-state index in [-0.39, 0.29) is 42.2 Å². The second-order valence-electron chi connectivity index (χ2n) is 6.55. The molecule has 0 radical (unpaired) electrons. The first-order valence-electron chi connectivity index (χ1n) is 8.97. The van der Waals surface area contributed by atoms with E-state index in [1.54, 1.807) is 33.2 Å². The summed E-state index contributed by atoms with van der Waals surface area (Å²) < 4.78 is 13.4. The third kappa shape index (κ3) is 8.24. The number of hydrogen-bond acceptors (Lipinski definition) is 2. The summed E-state index contributed by atoms with van der Waals surface area (Å²) in [5.74, 6) is 0.298. The highest BCUT2D eigenvalue weighted by atomic mass is 127. The SMILES string of the molecule is Cc1cc(CN=C(NCCc2ccccc2)NCC(=O)N(C)C)ccc1F.I. The number of aliphatic imine (C=N–C) groups is 1. The van der Waals surface area contributed by atoms with Crippen LogP contribution in [0, 0.1) is 12.7 Å². The van der Waals surface area contributed by atoms with Crippen molar-refractivity contribution in [3.63, 3.8) is 0 Å². The van der Waals surface area contributed by atoms with Gasteiger partial charge >= 0.3 is 0 Å². The molecule has 0 unspecified atom stereocenters. The lowest BCUT2D eigenvalue weighted by molar-refractivity contribution is -0.127. The normalized spacial score (nSPS) is 10.8. The molecular formula is C21H28FIN4O. The van der Waals surface area contributed by atoms with Crippen LogP contribution in [0.5, 0.6) is 0 Å². The molecule has 2 N–H and O–H groups in total. The summed E-state index contributed by atoms with van der Waals surface area (Å²) in [6.07, 6.45) is 0.846. The number of carbonyl (C=O) groups excluding carboxylic acids is 1. The summed E-state index contributed by atoms with van der Waals surface area (Å²) in [6, 6.07) is 15.1. The molecule has 0 aliphatic rings. The van der Waals surface area contributed by atoms with Crippen LogP contribution in [0.1, 0.15) is 16.7 Å². The molecule has 1 amide bonds. The molecule has 2 rings (SSSR count). The highest BCUT2D eigenvalue weighted by Crippen LogP contribution is 2.10. The first kappa shape index (κ1) is 23.9. The molecular weight excluding hydrogens is 470 g/mol. The molecule has 0 aliphatic heterocycles. The van der Waals surface area contributed by atoms with Crippen LogP contribution in [-0.4, -0.2) is 44.0 Å². The van der Waals surface area contributed by atoms with Crippen LogP contribution in [0.4, 0.5) is 4.39 Å². The van der Waals surface area contributed by atoms with E-state index in [1.807, 2.05) is 18.2 Å². The minimum absolute atomic E-state index is 0. The largest absolute Gasteiger partial charge is 0.356 e. The molecule has 0 saturated carbocycles. The van der Waals surface area contributed by atoms with Gasteiger partial charge in [-0.2, -0.15) is 0 Å². The number of hydrogen-bond donors (Lipinski definition) is 2. The van der Waals surface area contributed by atoms with E-state index >= 15 is 0 Å². The molecule has 2 aromatic rings. The average molecular weight is 498 g/mol. The molecule has 2 aromatic carbocycles. The lowest BCUT2D eigenvalue weighted by Crippen LogP contribution is -2.43. The number of amides is 1. The quantitative estimate of drug-likeness (QED) is 0.351. The molecule has 0 aromatic heterocycles. The highest BCUT2D eigenvalue weighted by Gasteiger charge is 2.06. The minimum atomic E-state index is -0.223. The Bertz CT molecular complexity index is 781. The van der Waals surface area contributed by atoms with Crippen LogP contribution in [0.3, 0.4) is 0 Å². The molecule has 0 fully saturated rings.